The number of piperidine rings is 1. The zero-order valence-electron chi connectivity index (χ0n) is 17.0. The van der Waals surface area contributed by atoms with E-state index >= 15 is 0 Å². The van der Waals surface area contributed by atoms with Crippen LogP contribution in [0.5, 0.6) is 0 Å². The Balaban J connectivity index is 1.65. The molecule has 0 aromatic heterocycles. The van der Waals surface area contributed by atoms with Gasteiger partial charge in [0.25, 0.3) is 5.91 Å². The molecule has 2 aromatic carbocycles. The number of benzene rings is 2. The number of likely N-dealkylation sites (tertiary alicyclic amines) is 1. The number of para-hydroxylation sites is 1. The standard InChI is InChI=1S/C23H28ClN3O2/c1-16(2)25-23(29)19-10-4-6-12-21(19)26-22(28)18-9-7-13-27(15-18)14-17-8-3-5-11-20(17)24/h3-6,8,10-12,16,18H,7,9,13-15H2,1-2H3,(H,25,29)(H,26,28). The van der Waals surface area contributed by atoms with Crippen LogP contribution in [-0.2, 0) is 11.3 Å². The van der Waals surface area contributed by atoms with Gasteiger partial charge < -0.3 is 10.6 Å². The second-order valence-electron chi connectivity index (χ2n) is 7.83. The van der Waals surface area contributed by atoms with Crippen molar-refractivity contribution in [2.75, 3.05) is 18.4 Å². The van der Waals surface area contributed by atoms with E-state index in [2.05, 4.69) is 15.5 Å². The smallest absolute Gasteiger partial charge is 0.253 e. The van der Waals surface area contributed by atoms with Crippen molar-refractivity contribution in [2.45, 2.75) is 39.3 Å². The Morgan fingerprint density at radius 3 is 2.62 bits per heavy atom. The lowest BCUT2D eigenvalue weighted by Crippen LogP contribution is -2.40. The van der Waals surface area contributed by atoms with Crippen molar-refractivity contribution >= 4 is 29.1 Å². The molecule has 1 aliphatic rings. The second kappa shape index (κ2) is 9.90. The summed E-state index contributed by atoms with van der Waals surface area (Å²) in [5.41, 5.74) is 2.11. The third-order valence-electron chi connectivity index (χ3n) is 5.08. The van der Waals surface area contributed by atoms with Crippen molar-refractivity contribution in [3.63, 3.8) is 0 Å². The molecule has 29 heavy (non-hydrogen) atoms. The maximum absolute atomic E-state index is 12.9. The molecule has 0 radical (unpaired) electrons. The van der Waals surface area contributed by atoms with E-state index in [1.807, 2.05) is 44.2 Å². The molecular weight excluding hydrogens is 386 g/mol. The molecule has 1 atom stereocenters. The molecule has 1 heterocycles. The van der Waals surface area contributed by atoms with Crippen LogP contribution in [0, 0.1) is 5.92 Å². The van der Waals surface area contributed by atoms with Gasteiger partial charge in [-0.1, -0.05) is 41.9 Å². The first kappa shape index (κ1) is 21.3. The molecule has 1 aliphatic heterocycles. The number of hydrogen-bond acceptors (Lipinski definition) is 3. The first-order valence-corrected chi connectivity index (χ1v) is 10.5. The van der Waals surface area contributed by atoms with Crippen LogP contribution in [0.2, 0.25) is 5.02 Å². The first-order chi connectivity index (χ1) is 13.9. The Morgan fingerprint density at radius 1 is 1.14 bits per heavy atom. The minimum Gasteiger partial charge on any atom is -0.350 e. The van der Waals surface area contributed by atoms with Gasteiger partial charge in [-0.3, -0.25) is 14.5 Å². The molecule has 2 amide bonds. The van der Waals surface area contributed by atoms with Gasteiger partial charge >= 0.3 is 0 Å². The fourth-order valence-electron chi connectivity index (χ4n) is 3.65. The van der Waals surface area contributed by atoms with Gasteiger partial charge in [0.15, 0.2) is 0 Å². The third kappa shape index (κ3) is 5.81. The highest BCUT2D eigenvalue weighted by atomic mass is 35.5. The van der Waals surface area contributed by atoms with Crippen molar-refractivity contribution in [3.8, 4) is 0 Å². The molecule has 2 aromatic rings. The largest absolute Gasteiger partial charge is 0.350 e. The molecule has 1 saturated heterocycles. The number of amides is 2. The lowest BCUT2D eigenvalue weighted by molar-refractivity contribution is -0.121. The highest BCUT2D eigenvalue weighted by Crippen LogP contribution is 2.24. The summed E-state index contributed by atoms with van der Waals surface area (Å²) in [6.07, 6.45) is 1.79. The van der Waals surface area contributed by atoms with Gasteiger partial charge in [-0.15, -0.1) is 0 Å². The Morgan fingerprint density at radius 2 is 1.86 bits per heavy atom. The van der Waals surface area contributed by atoms with E-state index in [0.29, 0.717) is 17.8 Å². The predicted octanol–water partition coefficient (Wildman–Crippen LogP) is 4.33. The summed E-state index contributed by atoms with van der Waals surface area (Å²) in [7, 11) is 0. The SMILES string of the molecule is CC(C)NC(=O)c1ccccc1NC(=O)C1CCCN(Cc2ccccc2Cl)C1. The number of rotatable bonds is 6. The molecule has 3 rings (SSSR count). The second-order valence-corrected chi connectivity index (χ2v) is 8.24. The zero-order valence-corrected chi connectivity index (χ0v) is 17.7. The average Bonchev–Trinajstić information content (AvgIpc) is 2.70. The molecule has 1 fully saturated rings. The van der Waals surface area contributed by atoms with E-state index in [1.54, 1.807) is 18.2 Å². The van der Waals surface area contributed by atoms with Gasteiger partial charge in [0.2, 0.25) is 5.91 Å². The van der Waals surface area contributed by atoms with Crippen LogP contribution in [0.1, 0.15) is 42.6 Å². The van der Waals surface area contributed by atoms with Gasteiger partial charge in [-0.2, -0.15) is 0 Å². The van der Waals surface area contributed by atoms with Crippen molar-refractivity contribution in [1.82, 2.24) is 10.2 Å². The number of nitrogens with one attached hydrogen (secondary N) is 2. The van der Waals surface area contributed by atoms with E-state index < -0.39 is 0 Å². The first-order valence-electron chi connectivity index (χ1n) is 10.1. The zero-order chi connectivity index (χ0) is 20.8. The molecule has 2 N–H and O–H groups in total. The Kier molecular flexibility index (Phi) is 7.29. The number of nitrogens with zero attached hydrogens (tertiary/aromatic N) is 1. The lowest BCUT2D eigenvalue weighted by atomic mass is 9.96. The average molecular weight is 414 g/mol. The number of halogens is 1. The minimum absolute atomic E-state index is 0.0305. The summed E-state index contributed by atoms with van der Waals surface area (Å²) >= 11 is 6.29. The van der Waals surface area contributed by atoms with Crippen molar-refractivity contribution in [2.24, 2.45) is 5.92 Å². The monoisotopic (exact) mass is 413 g/mol. The highest BCUT2D eigenvalue weighted by molar-refractivity contribution is 6.31. The number of carbonyl (C=O) groups is 2. The van der Waals surface area contributed by atoms with Crippen molar-refractivity contribution < 1.29 is 9.59 Å². The van der Waals surface area contributed by atoms with E-state index in [0.717, 1.165) is 36.5 Å². The summed E-state index contributed by atoms with van der Waals surface area (Å²) in [6.45, 7) is 6.18. The number of carbonyl (C=O) groups excluding carboxylic acids is 2. The molecule has 0 aliphatic carbocycles. The molecule has 5 nitrogen and oxygen atoms in total. The fraction of sp³-hybridized carbons (Fsp3) is 0.391. The molecule has 6 heteroatoms. The third-order valence-corrected chi connectivity index (χ3v) is 5.45. The fourth-order valence-corrected chi connectivity index (χ4v) is 3.84. The van der Waals surface area contributed by atoms with Crippen LogP contribution in [0.25, 0.3) is 0 Å². The molecule has 154 valence electrons. The summed E-state index contributed by atoms with van der Waals surface area (Å²) in [4.78, 5) is 27.6. The van der Waals surface area contributed by atoms with Crippen LogP contribution in [-0.4, -0.2) is 35.8 Å². The van der Waals surface area contributed by atoms with Crippen LogP contribution in [0.15, 0.2) is 48.5 Å². The molecule has 0 spiro atoms. The summed E-state index contributed by atoms with van der Waals surface area (Å²) < 4.78 is 0. The van der Waals surface area contributed by atoms with E-state index in [1.165, 1.54) is 0 Å². The van der Waals surface area contributed by atoms with Gasteiger partial charge in [0.05, 0.1) is 17.2 Å². The quantitative estimate of drug-likeness (QED) is 0.740. The summed E-state index contributed by atoms with van der Waals surface area (Å²) in [6, 6.07) is 15.0. The maximum atomic E-state index is 12.9. The topological polar surface area (TPSA) is 61.4 Å². The molecule has 0 saturated carbocycles. The summed E-state index contributed by atoms with van der Waals surface area (Å²) in [5, 5.41) is 6.61. The minimum atomic E-state index is -0.181. The Hall–Kier alpha value is -2.37. The van der Waals surface area contributed by atoms with E-state index in [9.17, 15) is 9.59 Å². The van der Waals surface area contributed by atoms with E-state index in [4.69, 9.17) is 11.6 Å². The van der Waals surface area contributed by atoms with Crippen LogP contribution in [0.4, 0.5) is 5.69 Å². The lowest BCUT2D eigenvalue weighted by Gasteiger charge is -2.32. The molecular formula is C23H28ClN3O2. The van der Waals surface area contributed by atoms with Crippen LogP contribution in [0.3, 0.4) is 0 Å². The summed E-state index contributed by atoms with van der Waals surface area (Å²) in [5.74, 6) is -0.342. The van der Waals surface area contributed by atoms with Crippen molar-refractivity contribution in [1.29, 1.82) is 0 Å². The van der Waals surface area contributed by atoms with Gasteiger partial charge in [0.1, 0.15) is 0 Å². The Labute approximate surface area is 177 Å². The predicted molar refractivity (Wildman–Crippen MR) is 117 cm³/mol. The van der Waals surface area contributed by atoms with E-state index in [-0.39, 0.29) is 23.8 Å². The van der Waals surface area contributed by atoms with Gasteiger partial charge in [-0.05, 0) is 57.0 Å². The molecule has 1 unspecified atom stereocenters. The normalized spacial score (nSPS) is 17.2. The van der Waals surface area contributed by atoms with Gasteiger partial charge in [0, 0.05) is 24.2 Å². The van der Waals surface area contributed by atoms with Crippen LogP contribution < -0.4 is 10.6 Å². The molecule has 0 bridgehead atoms. The van der Waals surface area contributed by atoms with Crippen LogP contribution >= 0.6 is 11.6 Å². The highest BCUT2D eigenvalue weighted by Gasteiger charge is 2.27. The van der Waals surface area contributed by atoms with Gasteiger partial charge in [-0.25, -0.2) is 0 Å². The maximum Gasteiger partial charge on any atom is 0.253 e. The number of hydrogen-bond donors (Lipinski definition) is 2. The van der Waals surface area contributed by atoms with Crippen molar-refractivity contribution in [3.05, 3.63) is 64.7 Å². The number of anilines is 1. The Bertz CT molecular complexity index is 869.